The predicted octanol–water partition coefficient (Wildman–Crippen LogP) is 2.72. The molecule has 0 unspecified atom stereocenters. The summed E-state index contributed by atoms with van der Waals surface area (Å²) in [5.74, 6) is 1.51. The maximum Gasteiger partial charge on any atom is 0.202 e. The second-order valence-electron chi connectivity index (χ2n) is 5.63. The molecular weight excluding hydrogens is 238 g/mol. The molecule has 0 aliphatic heterocycles. The van der Waals surface area contributed by atoms with Crippen molar-refractivity contribution in [2.45, 2.75) is 59.0 Å². The Kier molecular flexibility index (Phi) is 3.21. The molecule has 0 radical (unpaired) electrons. The van der Waals surface area contributed by atoms with Gasteiger partial charge < -0.3 is 5.73 Å². The lowest BCUT2D eigenvalue weighted by molar-refractivity contribution is 0.460. The van der Waals surface area contributed by atoms with Crippen LogP contribution in [-0.4, -0.2) is 19.3 Å². The van der Waals surface area contributed by atoms with Crippen molar-refractivity contribution in [1.82, 2.24) is 19.3 Å². The number of imidazole rings is 1. The number of nitrogen functional groups attached to an aromatic ring is 1. The van der Waals surface area contributed by atoms with Gasteiger partial charge in [0.15, 0.2) is 5.65 Å². The van der Waals surface area contributed by atoms with E-state index in [1.165, 1.54) is 32.1 Å². The number of nitrogens with zero attached hydrogens (tertiary/aromatic N) is 4. The van der Waals surface area contributed by atoms with Crippen molar-refractivity contribution in [2.24, 2.45) is 5.92 Å². The number of nitrogens with two attached hydrogens (primary N) is 1. The quantitative estimate of drug-likeness (QED) is 0.920. The molecule has 1 fully saturated rings. The van der Waals surface area contributed by atoms with Gasteiger partial charge in [-0.25, -0.2) is 9.67 Å². The fourth-order valence-electron chi connectivity index (χ4n) is 3.29. The first-order valence-electron chi connectivity index (χ1n) is 7.39. The van der Waals surface area contributed by atoms with Crippen LogP contribution in [0.5, 0.6) is 0 Å². The summed E-state index contributed by atoms with van der Waals surface area (Å²) < 4.78 is 4.17. The highest BCUT2D eigenvalue weighted by atomic mass is 15.4. The number of hydrogen-bond acceptors (Lipinski definition) is 3. The van der Waals surface area contributed by atoms with Crippen LogP contribution in [0.3, 0.4) is 0 Å². The van der Waals surface area contributed by atoms with Crippen molar-refractivity contribution in [1.29, 1.82) is 0 Å². The van der Waals surface area contributed by atoms with E-state index in [2.05, 4.69) is 21.6 Å². The van der Waals surface area contributed by atoms with Gasteiger partial charge in [0.1, 0.15) is 5.52 Å². The number of aryl methyl sites for hydroxylation is 3. The fourth-order valence-corrected chi connectivity index (χ4v) is 3.29. The molecule has 0 saturated heterocycles. The minimum atomic E-state index is 0.635. The third kappa shape index (κ3) is 2.11. The van der Waals surface area contributed by atoms with Gasteiger partial charge in [-0.2, -0.15) is 5.10 Å². The van der Waals surface area contributed by atoms with Crippen LogP contribution in [0.4, 0.5) is 5.95 Å². The third-order valence-corrected chi connectivity index (χ3v) is 4.36. The molecule has 2 N–H and O–H groups in total. The molecule has 5 nitrogen and oxygen atoms in total. The average Bonchev–Trinajstić information content (AvgIpc) is 3.06. The van der Waals surface area contributed by atoms with Crippen LogP contribution in [-0.2, 0) is 13.1 Å². The van der Waals surface area contributed by atoms with Crippen molar-refractivity contribution < 1.29 is 0 Å². The molecule has 3 rings (SSSR count). The van der Waals surface area contributed by atoms with Crippen LogP contribution in [0.15, 0.2) is 0 Å². The normalized spacial score (nSPS) is 16.7. The Bertz CT molecular complexity index is 574. The zero-order chi connectivity index (χ0) is 13.4. The van der Waals surface area contributed by atoms with Gasteiger partial charge in [0.2, 0.25) is 5.95 Å². The van der Waals surface area contributed by atoms with Crippen LogP contribution in [0.2, 0.25) is 0 Å². The topological polar surface area (TPSA) is 61.7 Å². The van der Waals surface area contributed by atoms with Gasteiger partial charge in [0, 0.05) is 13.1 Å². The summed E-state index contributed by atoms with van der Waals surface area (Å²) in [6.45, 7) is 5.94. The highest BCUT2D eigenvalue weighted by Crippen LogP contribution is 2.29. The van der Waals surface area contributed by atoms with E-state index >= 15 is 0 Å². The van der Waals surface area contributed by atoms with Crippen LogP contribution in [0, 0.1) is 12.8 Å². The summed E-state index contributed by atoms with van der Waals surface area (Å²) in [6, 6.07) is 0. The molecule has 0 aromatic carbocycles. The second-order valence-corrected chi connectivity index (χ2v) is 5.63. The molecule has 1 aliphatic rings. The van der Waals surface area contributed by atoms with Crippen LogP contribution in [0.1, 0.15) is 44.7 Å². The lowest BCUT2D eigenvalue weighted by Gasteiger charge is -2.11. The summed E-state index contributed by atoms with van der Waals surface area (Å²) >= 11 is 0. The molecule has 1 saturated carbocycles. The zero-order valence-electron chi connectivity index (χ0n) is 11.9. The Morgan fingerprint density at radius 1 is 1.32 bits per heavy atom. The first kappa shape index (κ1) is 12.5. The molecule has 0 atom stereocenters. The summed E-state index contributed by atoms with van der Waals surface area (Å²) in [5, 5.41) is 4.53. The van der Waals surface area contributed by atoms with Gasteiger partial charge in [-0.3, -0.25) is 4.57 Å². The van der Waals surface area contributed by atoms with Crippen LogP contribution >= 0.6 is 0 Å². The van der Waals surface area contributed by atoms with Gasteiger partial charge in [-0.1, -0.05) is 25.7 Å². The van der Waals surface area contributed by atoms with Crippen molar-refractivity contribution in [2.75, 3.05) is 5.73 Å². The molecule has 19 heavy (non-hydrogen) atoms. The maximum atomic E-state index is 6.09. The monoisotopic (exact) mass is 261 g/mol. The first-order chi connectivity index (χ1) is 9.20. The van der Waals surface area contributed by atoms with Crippen LogP contribution in [0.25, 0.3) is 11.2 Å². The van der Waals surface area contributed by atoms with Gasteiger partial charge in [-0.15, -0.1) is 0 Å². The second kappa shape index (κ2) is 4.87. The Hall–Kier alpha value is -1.52. The lowest BCUT2D eigenvalue weighted by atomic mass is 10.0. The summed E-state index contributed by atoms with van der Waals surface area (Å²) in [7, 11) is 0. The van der Waals surface area contributed by atoms with Crippen molar-refractivity contribution in [3.8, 4) is 0 Å². The number of anilines is 1. The largest absolute Gasteiger partial charge is 0.369 e. The summed E-state index contributed by atoms with van der Waals surface area (Å²) in [4.78, 5) is 4.48. The summed E-state index contributed by atoms with van der Waals surface area (Å²) in [5.41, 5.74) is 9.12. The predicted molar refractivity (Wildman–Crippen MR) is 76.9 cm³/mol. The van der Waals surface area contributed by atoms with Crippen molar-refractivity contribution in [3.05, 3.63) is 5.69 Å². The number of aromatic nitrogens is 4. The molecule has 0 bridgehead atoms. The van der Waals surface area contributed by atoms with Crippen LogP contribution < -0.4 is 5.73 Å². The maximum absolute atomic E-state index is 6.09. The van der Waals surface area contributed by atoms with E-state index in [0.717, 1.165) is 35.9 Å². The van der Waals surface area contributed by atoms with E-state index in [4.69, 9.17) is 5.73 Å². The smallest absolute Gasteiger partial charge is 0.202 e. The molecule has 1 aliphatic carbocycles. The van der Waals surface area contributed by atoms with Crippen molar-refractivity contribution in [3.63, 3.8) is 0 Å². The van der Waals surface area contributed by atoms with E-state index in [1.54, 1.807) is 0 Å². The Morgan fingerprint density at radius 2 is 2.05 bits per heavy atom. The molecule has 0 spiro atoms. The molecule has 2 aromatic heterocycles. The Balaban J connectivity index is 1.90. The van der Waals surface area contributed by atoms with Gasteiger partial charge in [-0.05, 0) is 26.2 Å². The molecule has 2 heterocycles. The number of fused-ring (bicyclic) bond motifs is 1. The highest BCUT2D eigenvalue weighted by Gasteiger charge is 2.19. The van der Waals surface area contributed by atoms with E-state index in [1.807, 2.05) is 11.6 Å². The van der Waals surface area contributed by atoms with Gasteiger partial charge in [0.05, 0.1) is 5.69 Å². The minimum Gasteiger partial charge on any atom is -0.369 e. The lowest BCUT2D eigenvalue weighted by Crippen LogP contribution is -2.10. The van der Waals surface area contributed by atoms with E-state index in [-0.39, 0.29) is 0 Å². The molecule has 104 valence electrons. The average molecular weight is 261 g/mol. The number of hydrogen-bond donors (Lipinski definition) is 1. The fraction of sp³-hybridized carbons (Fsp3) is 0.714. The molecule has 0 amide bonds. The zero-order valence-corrected chi connectivity index (χ0v) is 11.9. The molecule has 5 heteroatoms. The van der Waals surface area contributed by atoms with Gasteiger partial charge in [0.25, 0.3) is 0 Å². The van der Waals surface area contributed by atoms with E-state index in [0.29, 0.717) is 5.95 Å². The minimum absolute atomic E-state index is 0.635. The first-order valence-corrected chi connectivity index (χ1v) is 7.39. The van der Waals surface area contributed by atoms with Crippen molar-refractivity contribution >= 4 is 17.1 Å². The highest BCUT2D eigenvalue weighted by molar-refractivity contribution is 5.77. The standard InChI is InChI=1S/C14H23N5/c1-3-19-13-12(10(2)17-19)16-14(15)18(13)9-8-11-6-4-5-7-11/h11H,3-9H2,1-2H3,(H2,15,16). The molecular formula is C14H23N5. The number of rotatable bonds is 4. The van der Waals surface area contributed by atoms with E-state index < -0.39 is 0 Å². The van der Waals surface area contributed by atoms with E-state index in [9.17, 15) is 0 Å². The molecule has 2 aromatic rings. The summed E-state index contributed by atoms with van der Waals surface area (Å²) in [6.07, 6.45) is 6.76. The SMILES string of the molecule is CCn1nc(C)c2nc(N)n(CCC3CCCC3)c21. The Morgan fingerprint density at radius 3 is 2.74 bits per heavy atom. The third-order valence-electron chi connectivity index (χ3n) is 4.36. The Labute approximate surface area is 113 Å². The van der Waals surface area contributed by atoms with Gasteiger partial charge >= 0.3 is 0 Å².